The molecule has 0 saturated carbocycles. The zero-order chi connectivity index (χ0) is 21.0. The minimum absolute atomic E-state index is 0.130. The monoisotopic (exact) mass is 436 g/mol. The number of carbonyl (C=O) groups is 2. The summed E-state index contributed by atoms with van der Waals surface area (Å²) in [6.07, 6.45) is 0. The molecule has 1 aromatic carbocycles. The number of aromatic nitrogens is 2. The van der Waals surface area contributed by atoms with Gasteiger partial charge in [-0.1, -0.05) is 35.2 Å². The van der Waals surface area contributed by atoms with Crippen LogP contribution in [0, 0.1) is 10.1 Å². The van der Waals surface area contributed by atoms with Crippen LogP contribution in [0.15, 0.2) is 39.9 Å². The molecule has 4 N–H and O–H groups in total. The summed E-state index contributed by atoms with van der Waals surface area (Å²) >= 11 is 2.42. The van der Waals surface area contributed by atoms with Gasteiger partial charge in [0.1, 0.15) is 0 Å². The number of hydrogen-bond acceptors (Lipinski definition) is 10. The van der Waals surface area contributed by atoms with Crippen LogP contribution >= 0.6 is 23.1 Å². The molecule has 1 aromatic heterocycles. The fraction of sp³-hybridized carbons (Fsp3) is 0.250. The summed E-state index contributed by atoms with van der Waals surface area (Å²) in [5.41, 5.74) is 6.29. The Bertz CT molecular complexity index is 992. The van der Waals surface area contributed by atoms with Crippen LogP contribution in [0.3, 0.4) is 0 Å². The predicted molar refractivity (Wildman–Crippen MR) is 106 cm³/mol. The van der Waals surface area contributed by atoms with E-state index >= 15 is 0 Å². The predicted octanol–water partition coefficient (Wildman–Crippen LogP) is 1.99. The molecule has 1 aliphatic heterocycles. The number of non-ortho nitro benzene ring substituents is 1. The molecule has 3 rings (SSSR count). The van der Waals surface area contributed by atoms with Gasteiger partial charge in [-0.25, -0.2) is 9.59 Å². The Hall–Kier alpha value is -3.19. The molecule has 1 aliphatic rings. The van der Waals surface area contributed by atoms with Gasteiger partial charge in [0, 0.05) is 23.6 Å². The fourth-order valence-corrected chi connectivity index (χ4v) is 4.27. The second-order valence-corrected chi connectivity index (χ2v) is 7.92. The minimum atomic E-state index is -0.905. The molecular formula is C16H16N6O5S2. The second-order valence-electron chi connectivity index (χ2n) is 5.69. The molecule has 0 spiro atoms. The lowest BCUT2D eigenvalue weighted by molar-refractivity contribution is -0.384. The van der Waals surface area contributed by atoms with E-state index in [9.17, 15) is 19.7 Å². The van der Waals surface area contributed by atoms with Crippen molar-refractivity contribution in [3.05, 3.63) is 51.2 Å². The number of hydrogen-bond donors (Lipinski definition) is 3. The Morgan fingerprint density at radius 3 is 2.90 bits per heavy atom. The van der Waals surface area contributed by atoms with E-state index in [1.54, 1.807) is 13.0 Å². The third-order valence-electron chi connectivity index (χ3n) is 3.83. The quantitative estimate of drug-likeness (QED) is 0.255. The maximum Gasteiger partial charge on any atom is 0.338 e. The van der Waals surface area contributed by atoms with Crippen LogP contribution in [0.4, 0.5) is 15.6 Å². The molecule has 2 heterocycles. The number of urea groups is 1. The van der Waals surface area contributed by atoms with Gasteiger partial charge in [0.25, 0.3) is 5.69 Å². The molecule has 11 nitrogen and oxygen atoms in total. The van der Waals surface area contributed by atoms with E-state index in [2.05, 4.69) is 20.8 Å². The Morgan fingerprint density at radius 2 is 2.24 bits per heavy atom. The number of nitrogens with zero attached hydrogens (tertiary/aromatic N) is 3. The Labute approximate surface area is 172 Å². The molecule has 13 heteroatoms. The number of nitrogen functional groups attached to an aromatic ring is 1. The molecule has 0 saturated heterocycles. The van der Waals surface area contributed by atoms with Crippen molar-refractivity contribution in [2.75, 3.05) is 18.1 Å². The maximum absolute atomic E-state index is 12.7. The average molecular weight is 436 g/mol. The highest BCUT2D eigenvalue weighted by atomic mass is 32.2. The first-order valence-corrected chi connectivity index (χ1v) is 10.1. The zero-order valence-corrected chi connectivity index (χ0v) is 16.7. The normalized spacial score (nSPS) is 16.2. The largest absolute Gasteiger partial charge is 0.463 e. The van der Waals surface area contributed by atoms with E-state index in [1.807, 2.05) is 0 Å². The van der Waals surface area contributed by atoms with Crippen LogP contribution in [0.25, 0.3) is 0 Å². The number of ether oxygens (including phenoxy) is 1. The molecule has 0 radical (unpaired) electrons. The van der Waals surface area contributed by atoms with Crippen LogP contribution in [0.1, 0.15) is 18.5 Å². The van der Waals surface area contributed by atoms with Crippen LogP contribution < -0.4 is 16.4 Å². The molecule has 0 aliphatic carbocycles. The molecule has 0 bridgehead atoms. The molecule has 1 atom stereocenters. The van der Waals surface area contributed by atoms with Gasteiger partial charge in [-0.15, -0.1) is 10.2 Å². The molecule has 29 heavy (non-hydrogen) atoms. The lowest BCUT2D eigenvalue weighted by atomic mass is 9.95. The Kier molecular flexibility index (Phi) is 6.29. The van der Waals surface area contributed by atoms with Crippen LogP contribution in [-0.4, -0.2) is 39.5 Å². The molecule has 152 valence electrons. The number of rotatable bonds is 7. The van der Waals surface area contributed by atoms with Gasteiger partial charge >= 0.3 is 12.0 Å². The number of carbonyl (C=O) groups excluding carboxylic acids is 2. The highest BCUT2D eigenvalue weighted by molar-refractivity contribution is 8.01. The Morgan fingerprint density at radius 1 is 1.45 bits per heavy atom. The van der Waals surface area contributed by atoms with E-state index < -0.39 is 23.0 Å². The Balaban J connectivity index is 2.00. The van der Waals surface area contributed by atoms with Crippen molar-refractivity contribution in [2.24, 2.45) is 0 Å². The van der Waals surface area contributed by atoms with E-state index in [4.69, 9.17) is 10.5 Å². The standard InChI is InChI=1S/C16H16N6O5S2/c1-2-27-13(23)11-10(7-28-16-21-20-14(17)29-16)18-15(24)19-12(11)8-4-3-5-9(6-8)22(25)26/h3-6,12H,2,7H2,1H3,(H2,17,20)(H2,18,19,24)/t12-/m0/s1. The van der Waals surface area contributed by atoms with Crippen molar-refractivity contribution >= 4 is 45.9 Å². The van der Waals surface area contributed by atoms with Crippen molar-refractivity contribution in [2.45, 2.75) is 17.3 Å². The van der Waals surface area contributed by atoms with Gasteiger partial charge in [-0.05, 0) is 12.5 Å². The summed E-state index contributed by atoms with van der Waals surface area (Å²) in [6.45, 7) is 1.79. The van der Waals surface area contributed by atoms with Crippen LogP contribution in [0.5, 0.6) is 0 Å². The fourth-order valence-electron chi connectivity index (χ4n) is 2.66. The molecule has 0 unspecified atom stereocenters. The molecule has 2 amide bonds. The van der Waals surface area contributed by atoms with Gasteiger partial charge < -0.3 is 21.1 Å². The van der Waals surface area contributed by atoms with Crippen LogP contribution in [0.2, 0.25) is 0 Å². The highest BCUT2D eigenvalue weighted by Gasteiger charge is 2.34. The van der Waals surface area contributed by atoms with Gasteiger partial charge in [0.15, 0.2) is 4.34 Å². The third kappa shape index (κ3) is 4.81. The van der Waals surface area contributed by atoms with Crippen LogP contribution in [-0.2, 0) is 9.53 Å². The number of esters is 1. The smallest absolute Gasteiger partial charge is 0.338 e. The third-order valence-corrected chi connectivity index (χ3v) is 5.74. The van der Waals surface area contributed by atoms with Gasteiger partial charge in [-0.2, -0.15) is 0 Å². The van der Waals surface area contributed by atoms with E-state index in [1.165, 1.54) is 41.3 Å². The maximum atomic E-state index is 12.7. The average Bonchev–Trinajstić information content (AvgIpc) is 3.11. The number of nitrogens with two attached hydrogens (primary N) is 1. The van der Waals surface area contributed by atoms with Crippen molar-refractivity contribution in [1.82, 2.24) is 20.8 Å². The number of benzene rings is 1. The number of thioether (sulfide) groups is 1. The summed E-state index contributed by atoms with van der Waals surface area (Å²) in [5.74, 6) is -0.439. The molecule has 0 fully saturated rings. The van der Waals surface area contributed by atoms with Gasteiger partial charge in [0.2, 0.25) is 5.13 Å². The number of amides is 2. The first kappa shape index (κ1) is 20.5. The number of nitrogens with one attached hydrogen (secondary N) is 2. The topological polar surface area (TPSA) is 162 Å². The van der Waals surface area contributed by atoms with Crippen molar-refractivity contribution in [3.63, 3.8) is 0 Å². The van der Waals surface area contributed by atoms with E-state index in [0.717, 1.165) is 0 Å². The first-order chi connectivity index (χ1) is 13.9. The SMILES string of the molecule is CCOC(=O)C1=C(CSc2nnc(N)s2)NC(=O)N[C@H]1c1cccc([N+](=O)[O-])c1. The summed E-state index contributed by atoms with van der Waals surface area (Å²) in [4.78, 5) is 35.5. The second kappa shape index (κ2) is 8.87. The lowest BCUT2D eigenvalue weighted by Crippen LogP contribution is -2.46. The van der Waals surface area contributed by atoms with Crippen molar-refractivity contribution in [3.8, 4) is 0 Å². The van der Waals surface area contributed by atoms with Gasteiger partial charge in [-0.3, -0.25) is 10.1 Å². The summed E-state index contributed by atoms with van der Waals surface area (Å²) < 4.78 is 5.72. The molecular weight excluding hydrogens is 420 g/mol. The van der Waals surface area contributed by atoms with E-state index in [0.29, 0.717) is 20.7 Å². The first-order valence-electron chi connectivity index (χ1n) is 8.32. The summed E-state index contributed by atoms with van der Waals surface area (Å²) in [7, 11) is 0. The van der Waals surface area contributed by atoms with E-state index in [-0.39, 0.29) is 23.6 Å². The molecule has 2 aromatic rings. The number of nitro groups is 1. The minimum Gasteiger partial charge on any atom is -0.463 e. The van der Waals surface area contributed by atoms with Gasteiger partial charge in [0.05, 0.1) is 23.1 Å². The van der Waals surface area contributed by atoms with Crippen molar-refractivity contribution in [1.29, 1.82) is 0 Å². The highest BCUT2D eigenvalue weighted by Crippen LogP contribution is 2.32. The summed E-state index contributed by atoms with van der Waals surface area (Å²) in [5, 5.41) is 24.3. The summed E-state index contributed by atoms with van der Waals surface area (Å²) in [6, 6.07) is 4.28. The zero-order valence-electron chi connectivity index (χ0n) is 15.1. The number of anilines is 1. The number of nitro benzene ring substituents is 1. The van der Waals surface area contributed by atoms with Crippen molar-refractivity contribution < 1.29 is 19.2 Å². The lowest BCUT2D eigenvalue weighted by Gasteiger charge is -2.29.